The summed E-state index contributed by atoms with van der Waals surface area (Å²) in [5, 5.41) is 11.9. The third kappa shape index (κ3) is 2.81. The topological polar surface area (TPSA) is 71.3 Å². The second kappa shape index (κ2) is 5.44. The molecule has 1 heterocycles. The van der Waals surface area contributed by atoms with E-state index in [2.05, 4.69) is 5.32 Å². The van der Waals surface area contributed by atoms with E-state index in [-0.39, 0.29) is 5.91 Å². The second-order valence-electron chi connectivity index (χ2n) is 5.19. The van der Waals surface area contributed by atoms with Crippen LogP contribution in [0, 0.1) is 0 Å². The van der Waals surface area contributed by atoms with Crippen LogP contribution in [0.3, 0.4) is 0 Å². The van der Waals surface area contributed by atoms with E-state index >= 15 is 0 Å². The summed E-state index contributed by atoms with van der Waals surface area (Å²) in [5.74, 6) is -1.43. The Morgan fingerprint density at radius 2 is 1.86 bits per heavy atom. The van der Waals surface area contributed by atoms with Crippen LogP contribution in [0.2, 0.25) is 0 Å². The summed E-state index contributed by atoms with van der Waals surface area (Å²) in [6.07, 6.45) is 4.00. The SMILES string of the molecule is O=C(N[C@H](C(=O)O)c1ccccc1)c1cccn1C1CC1. The Morgan fingerprint density at radius 3 is 2.48 bits per heavy atom. The molecule has 2 N–H and O–H groups in total. The maximum absolute atomic E-state index is 12.4. The molecule has 1 aliphatic rings. The smallest absolute Gasteiger partial charge is 0.330 e. The lowest BCUT2D eigenvalue weighted by atomic mass is 10.1. The van der Waals surface area contributed by atoms with E-state index in [0.717, 1.165) is 12.8 Å². The van der Waals surface area contributed by atoms with Gasteiger partial charge in [-0.15, -0.1) is 0 Å². The van der Waals surface area contributed by atoms with E-state index in [1.165, 1.54) is 0 Å². The van der Waals surface area contributed by atoms with Gasteiger partial charge in [-0.05, 0) is 30.5 Å². The number of amides is 1. The minimum Gasteiger partial charge on any atom is -0.479 e. The molecule has 5 heteroatoms. The van der Waals surface area contributed by atoms with Crippen molar-refractivity contribution in [1.82, 2.24) is 9.88 Å². The highest BCUT2D eigenvalue weighted by atomic mass is 16.4. The van der Waals surface area contributed by atoms with Gasteiger partial charge >= 0.3 is 5.97 Å². The summed E-state index contributed by atoms with van der Waals surface area (Å²) in [6.45, 7) is 0. The van der Waals surface area contributed by atoms with Crippen LogP contribution < -0.4 is 5.32 Å². The molecule has 0 radical (unpaired) electrons. The molecule has 3 rings (SSSR count). The summed E-state index contributed by atoms with van der Waals surface area (Å²) in [6, 6.07) is 11.6. The maximum Gasteiger partial charge on any atom is 0.330 e. The van der Waals surface area contributed by atoms with Crippen LogP contribution in [0.25, 0.3) is 0 Å². The zero-order valence-electron chi connectivity index (χ0n) is 11.4. The molecule has 0 saturated heterocycles. The minimum absolute atomic E-state index is 0.358. The van der Waals surface area contributed by atoms with Gasteiger partial charge in [-0.2, -0.15) is 0 Å². The molecule has 1 atom stereocenters. The van der Waals surface area contributed by atoms with Crippen LogP contribution in [0.5, 0.6) is 0 Å². The lowest BCUT2D eigenvalue weighted by molar-refractivity contribution is -0.139. The third-order valence-electron chi connectivity index (χ3n) is 3.61. The second-order valence-corrected chi connectivity index (χ2v) is 5.19. The van der Waals surface area contributed by atoms with Gasteiger partial charge in [-0.1, -0.05) is 30.3 Å². The number of carbonyl (C=O) groups is 2. The molecule has 0 bridgehead atoms. The lowest BCUT2D eigenvalue weighted by Gasteiger charge is -2.16. The van der Waals surface area contributed by atoms with Crippen molar-refractivity contribution in [1.29, 1.82) is 0 Å². The standard InChI is InChI=1S/C16H16N2O3/c19-15(13-7-4-10-18(13)12-8-9-12)17-14(16(20)21)11-5-2-1-3-6-11/h1-7,10,12,14H,8-9H2,(H,17,19)(H,20,21)/t14-/m0/s1. The highest BCUT2D eigenvalue weighted by Gasteiger charge is 2.29. The Balaban J connectivity index is 1.81. The van der Waals surface area contributed by atoms with Crippen LogP contribution in [0.1, 0.15) is 41.0 Å². The van der Waals surface area contributed by atoms with Gasteiger partial charge in [0, 0.05) is 12.2 Å². The molecular formula is C16H16N2O3. The Labute approximate surface area is 122 Å². The van der Waals surface area contributed by atoms with Crippen molar-refractivity contribution < 1.29 is 14.7 Å². The van der Waals surface area contributed by atoms with Gasteiger partial charge in [0.05, 0.1) is 0 Å². The van der Waals surface area contributed by atoms with Crippen LogP contribution in [-0.4, -0.2) is 21.6 Å². The number of hydrogen-bond acceptors (Lipinski definition) is 2. The zero-order chi connectivity index (χ0) is 14.8. The summed E-state index contributed by atoms with van der Waals surface area (Å²) in [5.41, 5.74) is 1.07. The van der Waals surface area contributed by atoms with Crippen molar-refractivity contribution in [3.05, 3.63) is 59.9 Å². The lowest BCUT2D eigenvalue weighted by Crippen LogP contribution is -2.34. The summed E-state index contributed by atoms with van der Waals surface area (Å²) in [4.78, 5) is 23.8. The van der Waals surface area contributed by atoms with Gasteiger partial charge in [0.15, 0.2) is 6.04 Å². The average molecular weight is 284 g/mol. The molecule has 1 aromatic heterocycles. The minimum atomic E-state index is -1.07. The zero-order valence-corrected chi connectivity index (χ0v) is 11.4. The molecule has 21 heavy (non-hydrogen) atoms. The van der Waals surface area contributed by atoms with Crippen molar-refractivity contribution in [2.45, 2.75) is 24.9 Å². The van der Waals surface area contributed by atoms with Crippen molar-refractivity contribution in [3.63, 3.8) is 0 Å². The van der Waals surface area contributed by atoms with E-state index in [0.29, 0.717) is 17.3 Å². The van der Waals surface area contributed by atoms with Crippen molar-refractivity contribution in [3.8, 4) is 0 Å². The number of carbonyl (C=O) groups excluding carboxylic acids is 1. The third-order valence-corrected chi connectivity index (χ3v) is 3.61. The molecule has 1 amide bonds. The quantitative estimate of drug-likeness (QED) is 0.885. The average Bonchev–Trinajstić information content (AvgIpc) is 3.22. The number of benzene rings is 1. The number of aliphatic carboxylic acids is 1. The molecule has 5 nitrogen and oxygen atoms in total. The van der Waals surface area contributed by atoms with Gasteiger partial charge in [-0.25, -0.2) is 4.79 Å². The molecular weight excluding hydrogens is 268 g/mol. The summed E-state index contributed by atoms with van der Waals surface area (Å²) < 4.78 is 1.92. The molecule has 1 fully saturated rings. The van der Waals surface area contributed by atoms with E-state index in [1.54, 1.807) is 30.3 Å². The fourth-order valence-electron chi connectivity index (χ4n) is 2.40. The predicted molar refractivity (Wildman–Crippen MR) is 77.0 cm³/mol. The van der Waals surface area contributed by atoms with Crippen LogP contribution in [-0.2, 0) is 4.79 Å². The highest BCUT2D eigenvalue weighted by molar-refractivity contribution is 5.95. The Bertz CT molecular complexity index is 659. The summed E-state index contributed by atoms with van der Waals surface area (Å²) in [7, 11) is 0. The molecule has 1 saturated carbocycles. The molecule has 108 valence electrons. The number of carboxylic acids is 1. The molecule has 0 aliphatic heterocycles. The Hall–Kier alpha value is -2.56. The van der Waals surface area contributed by atoms with E-state index in [1.807, 2.05) is 22.9 Å². The number of nitrogens with zero attached hydrogens (tertiary/aromatic N) is 1. The summed E-state index contributed by atoms with van der Waals surface area (Å²) >= 11 is 0. The van der Waals surface area contributed by atoms with Gasteiger partial charge in [0.1, 0.15) is 5.69 Å². The number of carboxylic acid groups (broad SMARTS) is 1. The number of rotatable bonds is 5. The van der Waals surface area contributed by atoms with Crippen LogP contribution in [0.4, 0.5) is 0 Å². The van der Waals surface area contributed by atoms with E-state index in [4.69, 9.17) is 0 Å². The monoisotopic (exact) mass is 284 g/mol. The molecule has 1 aromatic carbocycles. The number of hydrogen-bond donors (Lipinski definition) is 2. The molecule has 0 spiro atoms. The highest BCUT2D eigenvalue weighted by Crippen LogP contribution is 2.36. The van der Waals surface area contributed by atoms with Gasteiger partial charge in [-0.3, -0.25) is 4.79 Å². The predicted octanol–water partition coefficient (Wildman–Crippen LogP) is 2.38. The number of aromatic nitrogens is 1. The van der Waals surface area contributed by atoms with E-state index < -0.39 is 12.0 Å². The molecule has 2 aromatic rings. The first-order chi connectivity index (χ1) is 10.2. The fraction of sp³-hybridized carbons (Fsp3) is 0.250. The fourth-order valence-corrected chi connectivity index (χ4v) is 2.40. The first-order valence-electron chi connectivity index (χ1n) is 6.92. The van der Waals surface area contributed by atoms with Gasteiger partial charge < -0.3 is 15.0 Å². The molecule has 1 aliphatic carbocycles. The normalized spacial score (nSPS) is 15.4. The number of nitrogens with one attached hydrogen (secondary N) is 1. The van der Waals surface area contributed by atoms with Gasteiger partial charge in [0.25, 0.3) is 5.91 Å². The Kier molecular flexibility index (Phi) is 3.48. The van der Waals surface area contributed by atoms with Crippen LogP contribution in [0.15, 0.2) is 48.7 Å². The Morgan fingerprint density at radius 1 is 1.14 bits per heavy atom. The van der Waals surface area contributed by atoms with Crippen molar-refractivity contribution in [2.24, 2.45) is 0 Å². The largest absolute Gasteiger partial charge is 0.479 e. The van der Waals surface area contributed by atoms with Gasteiger partial charge in [0.2, 0.25) is 0 Å². The van der Waals surface area contributed by atoms with Crippen molar-refractivity contribution in [2.75, 3.05) is 0 Å². The maximum atomic E-state index is 12.4. The van der Waals surface area contributed by atoms with Crippen molar-refractivity contribution >= 4 is 11.9 Å². The first kappa shape index (κ1) is 13.4. The first-order valence-corrected chi connectivity index (χ1v) is 6.92. The van der Waals surface area contributed by atoms with E-state index in [9.17, 15) is 14.7 Å². The van der Waals surface area contributed by atoms with Crippen LogP contribution >= 0.6 is 0 Å². The molecule has 0 unspecified atom stereocenters.